The summed E-state index contributed by atoms with van der Waals surface area (Å²) in [6.07, 6.45) is 1.92. The van der Waals surface area contributed by atoms with Crippen molar-refractivity contribution >= 4 is 29.1 Å². The Hall–Kier alpha value is -3.61. The van der Waals surface area contributed by atoms with Gasteiger partial charge < -0.3 is 26.4 Å². The van der Waals surface area contributed by atoms with Gasteiger partial charge in [0.05, 0.1) is 23.8 Å². The van der Waals surface area contributed by atoms with Gasteiger partial charge in [-0.3, -0.25) is 29.0 Å². The van der Waals surface area contributed by atoms with Crippen molar-refractivity contribution in [2.75, 3.05) is 39.0 Å². The average molecular weight is 557 g/mol. The highest BCUT2D eigenvalue weighted by molar-refractivity contribution is 6.25. The van der Waals surface area contributed by atoms with Crippen molar-refractivity contribution in [2.24, 2.45) is 17.6 Å². The van der Waals surface area contributed by atoms with Gasteiger partial charge in [0, 0.05) is 23.1 Å². The fourth-order valence-corrected chi connectivity index (χ4v) is 7.04. The molecule has 4 aliphatic rings. The van der Waals surface area contributed by atoms with Crippen LogP contribution in [0.4, 0.5) is 10.1 Å². The van der Waals surface area contributed by atoms with Crippen LogP contribution in [0, 0.1) is 17.7 Å². The first kappa shape index (κ1) is 27.9. The number of aromatic hydroxyl groups is 1. The Morgan fingerprint density at radius 2 is 1.88 bits per heavy atom. The second kappa shape index (κ2) is 9.79. The number of halogens is 1. The number of likely N-dealkylation sites (N-methyl/N-ethyl adjacent to an activating group) is 1. The van der Waals surface area contributed by atoms with Crippen molar-refractivity contribution in [3.63, 3.8) is 0 Å². The predicted octanol–water partition coefficient (Wildman–Crippen LogP) is 0.798. The van der Waals surface area contributed by atoms with Gasteiger partial charge in [0.1, 0.15) is 17.1 Å². The van der Waals surface area contributed by atoms with Crippen LogP contribution >= 0.6 is 0 Å². The van der Waals surface area contributed by atoms with Gasteiger partial charge in [0.25, 0.3) is 5.91 Å². The topological polar surface area (TPSA) is 173 Å². The molecule has 1 aliphatic heterocycles. The number of rotatable bonds is 5. The minimum atomic E-state index is -2.35. The summed E-state index contributed by atoms with van der Waals surface area (Å²) in [6.45, 7) is 2.96. The molecule has 1 saturated heterocycles. The summed E-state index contributed by atoms with van der Waals surface area (Å²) < 4.78 is 15.4. The minimum Gasteiger partial charge on any atom is -0.510 e. The highest BCUT2D eigenvalue weighted by Crippen LogP contribution is 2.53. The highest BCUT2D eigenvalue weighted by atomic mass is 19.1. The first-order valence-corrected chi connectivity index (χ1v) is 13.3. The number of carbonyl (C=O) groups is 4. The number of benzene rings is 1. The first-order valence-electron chi connectivity index (χ1n) is 13.3. The van der Waals surface area contributed by atoms with Crippen molar-refractivity contribution in [1.82, 2.24) is 9.80 Å². The summed E-state index contributed by atoms with van der Waals surface area (Å²) in [7, 11) is 3.20. The zero-order chi connectivity index (χ0) is 29.3. The van der Waals surface area contributed by atoms with Gasteiger partial charge in [0.2, 0.25) is 11.7 Å². The fraction of sp³-hybridized carbons (Fsp3) is 0.500. The Morgan fingerprint density at radius 3 is 2.48 bits per heavy atom. The maximum absolute atomic E-state index is 15.4. The van der Waals surface area contributed by atoms with Gasteiger partial charge in [-0.15, -0.1) is 0 Å². The monoisotopic (exact) mass is 556 g/mol. The molecule has 4 atom stereocenters. The molecule has 214 valence electrons. The molecular formula is C28H33FN4O7. The number of aliphatic hydroxyl groups excluding tert-OH is 1. The summed E-state index contributed by atoms with van der Waals surface area (Å²) in [6, 6.07) is 0.00879. The molecule has 3 aliphatic carbocycles. The quantitative estimate of drug-likeness (QED) is 0.260. The number of amides is 2. The van der Waals surface area contributed by atoms with Gasteiger partial charge in [-0.25, -0.2) is 4.39 Å². The van der Waals surface area contributed by atoms with Crippen molar-refractivity contribution in [1.29, 1.82) is 0 Å². The third-order valence-electron chi connectivity index (χ3n) is 8.87. The molecule has 0 saturated carbocycles. The number of anilines is 1. The van der Waals surface area contributed by atoms with E-state index in [1.165, 1.54) is 6.92 Å². The average Bonchev–Trinajstić information content (AvgIpc) is 3.37. The van der Waals surface area contributed by atoms with Crippen LogP contribution in [0.25, 0.3) is 0 Å². The third-order valence-corrected chi connectivity index (χ3v) is 8.87. The number of aliphatic hydroxyl groups is 2. The van der Waals surface area contributed by atoms with Crippen molar-refractivity contribution in [3.05, 3.63) is 45.5 Å². The molecule has 0 aromatic heterocycles. The van der Waals surface area contributed by atoms with Gasteiger partial charge in [-0.1, -0.05) is 0 Å². The van der Waals surface area contributed by atoms with Crippen LogP contribution < -0.4 is 11.1 Å². The summed E-state index contributed by atoms with van der Waals surface area (Å²) in [4.78, 5) is 55.6. The third kappa shape index (κ3) is 4.04. The summed E-state index contributed by atoms with van der Waals surface area (Å²) in [5.41, 5.74) is 1.67. The van der Waals surface area contributed by atoms with Gasteiger partial charge >= 0.3 is 0 Å². The lowest BCUT2D eigenvalue weighted by Gasteiger charge is -2.51. The summed E-state index contributed by atoms with van der Waals surface area (Å²) in [5.74, 6) is -7.12. The van der Waals surface area contributed by atoms with E-state index in [0.717, 1.165) is 32.0 Å². The van der Waals surface area contributed by atoms with E-state index in [1.54, 1.807) is 19.0 Å². The molecular weight excluding hydrogens is 523 g/mol. The second-order valence-electron chi connectivity index (χ2n) is 11.4. The predicted molar refractivity (Wildman–Crippen MR) is 141 cm³/mol. The smallest absolute Gasteiger partial charge is 0.255 e. The number of allylic oxidation sites excluding steroid dienone is 1. The molecule has 2 amide bonds. The number of ketones is 2. The largest absolute Gasteiger partial charge is 0.510 e. The number of Topliss-reactive ketones (excluding diaryl/α,β-unsaturated/α-hetero) is 2. The van der Waals surface area contributed by atoms with E-state index >= 15 is 4.39 Å². The molecule has 12 heteroatoms. The van der Waals surface area contributed by atoms with Crippen LogP contribution in [0.3, 0.4) is 0 Å². The molecule has 40 heavy (non-hydrogen) atoms. The summed E-state index contributed by atoms with van der Waals surface area (Å²) >= 11 is 0. The lowest BCUT2D eigenvalue weighted by atomic mass is 9.56. The molecule has 1 heterocycles. The fourth-order valence-electron chi connectivity index (χ4n) is 7.04. The van der Waals surface area contributed by atoms with Crippen molar-refractivity contribution in [3.8, 4) is 5.75 Å². The van der Waals surface area contributed by atoms with Gasteiger partial charge in [0.15, 0.2) is 17.1 Å². The number of nitrogens with zero attached hydrogens (tertiary/aromatic N) is 2. The zero-order valence-corrected chi connectivity index (χ0v) is 22.6. The van der Waals surface area contributed by atoms with Crippen LogP contribution in [0.2, 0.25) is 0 Å². The molecule has 0 unspecified atom stereocenters. The Labute approximate surface area is 230 Å². The van der Waals surface area contributed by atoms with E-state index in [1.807, 2.05) is 4.90 Å². The van der Waals surface area contributed by atoms with Gasteiger partial charge in [-0.2, -0.15) is 0 Å². The molecule has 0 bridgehead atoms. The van der Waals surface area contributed by atoms with Crippen molar-refractivity contribution < 1.29 is 38.9 Å². The molecule has 5 rings (SSSR count). The number of nitrogens with two attached hydrogens (primary N) is 1. The number of phenolic OH excluding ortho intramolecular Hbond substituents is 1. The second-order valence-corrected chi connectivity index (χ2v) is 11.4. The Balaban J connectivity index is 1.58. The standard InChI is InChI=1S/C28H33FN4O7/c1-12-19-13(9-15-22(32(2)3)25(37)21(27(30)39)26(38)28(12,15)40)8-14-16(29)10-17(23(35)20(14)24(19)36)31-18(34)11-33-6-4-5-7-33/h10,13,15,22,35,37,40H,4-9,11H2,1-3H3,(H2,30,39)(H,31,34)/t13-,15-,22-,28+/m0/s1. The number of hydrogen-bond donors (Lipinski definition) is 5. The zero-order valence-electron chi connectivity index (χ0n) is 22.6. The number of carbonyl (C=O) groups excluding carboxylic acids is 4. The summed E-state index contributed by atoms with van der Waals surface area (Å²) in [5, 5.41) is 36.3. The number of primary amides is 1. The molecule has 0 spiro atoms. The molecule has 1 aromatic carbocycles. The van der Waals surface area contributed by atoms with E-state index in [9.17, 15) is 34.5 Å². The number of fused-ring (bicyclic) bond motifs is 3. The number of nitrogens with one attached hydrogen (secondary N) is 1. The lowest BCUT2D eigenvalue weighted by Crippen LogP contribution is -2.63. The van der Waals surface area contributed by atoms with E-state index in [0.29, 0.717) is 0 Å². The molecule has 6 N–H and O–H groups in total. The van der Waals surface area contributed by atoms with Crippen LogP contribution in [0.1, 0.15) is 42.1 Å². The maximum atomic E-state index is 15.4. The molecule has 11 nitrogen and oxygen atoms in total. The lowest BCUT2D eigenvalue weighted by molar-refractivity contribution is -0.143. The first-order chi connectivity index (χ1) is 18.8. The van der Waals surface area contributed by atoms with Crippen LogP contribution in [-0.2, 0) is 20.8 Å². The SMILES string of the molecule is CC1=C2C(=O)c3c(O)c(NC(=O)CN4CCCC4)cc(F)c3C[C@H]2C[C@H]2[C@H](N(C)C)C(O)=C(C(N)=O)C(=O)[C@@]12O. The van der Waals surface area contributed by atoms with E-state index in [4.69, 9.17) is 5.73 Å². The van der Waals surface area contributed by atoms with Gasteiger partial charge in [-0.05, 0) is 71.3 Å². The highest BCUT2D eigenvalue weighted by Gasteiger charge is 2.61. The Bertz CT molecular complexity index is 1410. The van der Waals surface area contributed by atoms with E-state index in [-0.39, 0.29) is 47.3 Å². The number of phenols is 1. The van der Waals surface area contributed by atoms with E-state index in [2.05, 4.69) is 5.32 Å². The van der Waals surface area contributed by atoms with Crippen molar-refractivity contribution in [2.45, 2.75) is 44.2 Å². The minimum absolute atomic E-state index is 0.00751. The Morgan fingerprint density at radius 1 is 1.23 bits per heavy atom. The maximum Gasteiger partial charge on any atom is 0.255 e. The normalized spacial score (nSPS) is 28.5. The molecule has 0 radical (unpaired) electrons. The molecule has 1 fully saturated rings. The van der Waals surface area contributed by atoms with Crippen LogP contribution in [0.15, 0.2) is 28.5 Å². The molecule has 1 aromatic rings. The van der Waals surface area contributed by atoms with E-state index < -0.39 is 69.8 Å². The van der Waals surface area contributed by atoms with Crippen LogP contribution in [-0.4, -0.2) is 93.9 Å². The Kier molecular flexibility index (Phi) is 6.84. The number of likely N-dealkylation sites (tertiary alicyclic amines) is 1. The number of hydrogen-bond acceptors (Lipinski definition) is 9. The van der Waals surface area contributed by atoms with Crippen LogP contribution in [0.5, 0.6) is 5.75 Å².